The van der Waals surface area contributed by atoms with E-state index in [1.165, 1.54) is 0 Å². The summed E-state index contributed by atoms with van der Waals surface area (Å²) in [5.74, 6) is 1.30. The molecule has 0 saturated heterocycles. The number of allylic oxidation sites excluding steroid dienone is 1. The Bertz CT molecular complexity index is 428. The Balaban J connectivity index is 2.40. The van der Waals surface area contributed by atoms with Gasteiger partial charge in [0.05, 0.1) is 6.42 Å². The Morgan fingerprint density at radius 2 is 2.06 bits per heavy atom. The molecule has 0 unspecified atom stereocenters. The molecule has 0 aliphatic rings. The fourth-order valence-electron chi connectivity index (χ4n) is 1.29. The molecule has 0 aromatic heterocycles. The van der Waals surface area contributed by atoms with Gasteiger partial charge in [0.15, 0.2) is 0 Å². The Hall–Kier alpha value is -2.12. The van der Waals surface area contributed by atoms with Gasteiger partial charge in [-0.2, -0.15) is 0 Å². The highest BCUT2D eigenvalue weighted by Gasteiger charge is 2.07. The Morgan fingerprint density at radius 3 is 2.65 bits per heavy atom. The van der Waals surface area contributed by atoms with E-state index < -0.39 is 5.97 Å². The van der Waals surface area contributed by atoms with E-state index in [1.807, 2.05) is 30.3 Å². The summed E-state index contributed by atoms with van der Waals surface area (Å²) < 4.78 is 5.03. The largest absolute Gasteiger partial charge is 0.461 e. The number of ether oxygens (including phenoxy) is 1. The molecule has 0 aliphatic heterocycles. The van der Waals surface area contributed by atoms with E-state index in [0.29, 0.717) is 12.0 Å². The summed E-state index contributed by atoms with van der Waals surface area (Å²) in [4.78, 5) is 21.9. The Morgan fingerprint density at radius 1 is 1.35 bits per heavy atom. The zero-order valence-electron chi connectivity index (χ0n) is 9.52. The summed E-state index contributed by atoms with van der Waals surface area (Å²) in [6.45, 7) is 3.72. The average Bonchev–Trinajstić information content (AvgIpc) is 2.37. The number of rotatable bonds is 6. The van der Waals surface area contributed by atoms with Gasteiger partial charge in [-0.15, -0.1) is 6.58 Å². The predicted molar refractivity (Wildman–Crippen MR) is 64.9 cm³/mol. The van der Waals surface area contributed by atoms with Gasteiger partial charge in [0, 0.05) is 5.57 Å². The predicted octanol–water partition coefficient (Wildman–Crippen LogP) is 2.45. The third kappa shape index (κ3) is 4.96. The zero-order valence-corrected chi connectivity index (χ0v) is 9.52. The van der Waals surface area contributed by atoms with Gasteiger partial charge in [-0.1, -0.05) is 36.4 Å². The summed E-state index contributed by atoms with van der Waals surface area (Å²) in [7, 11) is 0. The van der Waals surface area contributed by atoms with Crippen molar-refractivity contribution in [3.05, 3.63) is 54.1 Å². The summed E-state index contributed by atoms with van der Waals surface area (Å²) in [6.07, 6.45) is 1.90. The van der Waals surface area contributed by atoms with Crippen molar-refractivity contribution in [3.8, 4) is 0 Å². The smallest absolute Gasteiger partial charge is 0.311 e. The van der Waals surface area contributed by atoms with Crippen molar-refractivity contribution in [2.24, 2.45) is 0 Å². The van der Waals surface area contributed by atoms with Crippen molar-refractivity contribution in [2.75, 3.05) is 0 Å². The van der Waals surface area contributed by atoms with Crippen LogP contribution in [0.25, 0.3) is 0 Å². The van der Waals surface area contributed by atoms with Gasteiger partial charge in [-0.05, 0) is 12.0 Å². The van der Waals surface area contributed by atoms with Crippen LogP contribution >= 0.6 is 0 Å². The molecule has 0 fully saturated rings. The maximum absolute atomic E-state index is 11.4. The molecule has 88 valence electrons. The minimum absolute atomic E-state index is 0.0254. The van der Waals surface area contributed by atoms with Crippen LogP contribution in [0.4, 0.5) is 0 Å². The van der Waals surface area contributed by atoms with Crippen LogP contribution < -0.4 is 0 Å². The van der Waals surface area contributed by atoms with Crippen molar-refractivity contribution in [1.29, 1.82) is 0 Å². The molecule has 0 heterocycles. The molecule has 0 N–H and O–H groups in total. The second-order valence-corrected chi connectivity index (χ2v) is 3.52. The van der Waals surface area contributed by atoms with Crippen molar-refractivity contribution < 1.29 is 14.3 Å². The molecule has 3 nitrogen and oxygen atoms in total. The quantitative estimate of drug-likeness (QED) is 0.428. The summed E-state index contributed by atoms with van der Waals surface area (Å²) in [5, 5.41) is 0. The fraction of sp³-hybridized carbons (Fsp3) is 0.214. The van der Waals surface area contributed by atoms with Crippen LogP contribution in [0.1, 0.15) is 18.4 Å². The lowest BCUT2D eigenvalue weighted by atomic mass is 10.1. The number of esters is 1. The van der Waals surface area contributed by atoms with Gasteiger partial charge in [-0.25, -0.2) is 4.79 Å². The van der Waals surface area contributed by atoms with E-state index in [4.69, 9.17) is 4.74 Å². The lowest BCUT2D eigenvalue weighted by molar-refractivity contribution is -0.144. The van der Waals surface area contributed by atoms with E-state index in [9.17, 15) is 9.59 Å². The Kier molecular flexibility index (Phi) is 5.49. The maximum atomic E-state index is 11.4. The molecule has 0 bridgehead atoms. The molecule has 0 spiro atoms. The van der Waals surface area contributed by atoms with E-state index >= 15 is 0 Å². The van der Waals surface area contributed by atoms with Gasteiger partial charge < -0.3 is 4.74 Å². The highest BCUT2D eigenvalue weighted by Crippen LogP contribution is 2.07. The van der Waals surface area contributed by atoms with Gasteiger partial charge in [-0.3, -0.25) is 4.79 Å². The van der Waals surface area contributed by atoms with Gasteiger partial charge in [0.2, 0.25) is 0 Å². The molecular formula is C14H14O3. The van der Waals surface area contributed by atoms with Gasteiger partial charge in [0.1, 0.15) is 12.5 Å². The third-order valence-electron chi connectivity index (χ3n) is 2.14. The molecular weight excluding hydrogens is 216 g/mol. The second-order valence-electron chi connectivity index (χ2n) is 3.52. The SMILES string of the molecule is C=CCC(=C=O)CC(=O)OCc1ccccc1. The van der Waals surface area contributed by atoms with Crippen LogP contribution in [0, 0.1) is 0 Å². The van der Waals surface area contributed by atoms with Crippen LogP contribution in [0.2, 0.25) is 0 Å². The lowest BCUT2D eigenvalue weighted by Crippen LogP contribution is -2.06. The van der Waals surface area contributed by atoms with Crippen LogP contribution in [0.15, 0.2) is 48.6 Å². The molecule has 0 aliphatic carbocycles. The van der Waals surface area contributed by atoms with Crippen LogP contribution in [0.5, 0.6) is 0 Å². The van der Waals surface area contributed by atoms with Crippen molar-refractivity contribution >= 4 is 11.9 Å². The lowest BCUT2D eigenvalue weighted by Gasteiger charge is -2.04. The molecule has 3 heteroatoms. The van der Waals surface area contributed by atoms with Crippen molar-refractivity contribution in [2.45, 2.75) is 19.4 Å². The molecule has 0 saturated carbocycles. The third-order valence-corrected chi connectivity index (χ3v) is 2.14. The number of hydrogen-bond acceptors (Lipinski definition) is 3. The molecule has 0 radical (unpaired) electrons. The molecule has 0 amide bonds. The highest BCUT2D eigenvalue weighted by atomic mass is 16.5. The van der Waals surface area contributed by atoms with Crippen LogP contribution in [-0.2, 0) is 20.9 Å². The highest BCUT2D eigenvalue weighted by molar-refractivity contribution is 5.76. The van der Waals surface area contributed by atoms with Crippen LogP contribution in [-0.4, -0.2) is 11.9 Å². The first kappa shape index (κ1) is 12.9. The van der Waals surface area contributed by atoms with E-state index in [0.717, 1.165) is 5.56 Å². The zero-order chi connectivity index (χ0) is 12.5. The first-order valence-electron chi connectivity index (χ1n) is 5.29. The standard InChI is InChI=1S/C14H14O3/c1-2-6-13(10-15)9-14(16)17-11-12-7-4-3-5-8-12/h2-5,7-8H,1,6,9,11H2. The Labute approximate surface area is 100 Å². The first-order valence-corrected chi connectivity index (χ1v) is 5.29. The van der Waals surface area contributed by atoms with E-state index in [1.54, 1.807) is 12.0 Å². The monoisotopic (exact) mass is 230 g/mol. The molecule has 0 atom stereocenters. The van der Waals surface area contributed by atoms with Gasteiger partial charge >= 0.3 is 5.97 Å². The molecule has 1 aromatic rings. The molecule has 1 aromatic carbocycles. The van der Waals surface area contributed by atoms with Gasteiger partial charge in [0.25, 0.3) is 0 Å². The maximum Gasteiger partial charge on any atom is 0.311 e. The number of benzene rings is 1. The van der Waals surface area contributed by atoms with E-state index in [2.05, 4.69) is 6.58 Å². The average molecular weight is 230 g/mol. The number of carbonyl (C=O) groups is 1. The minimum Gasteiger partial charge on any atom is -0.461 e. The second kappa shape index (κ2) is 7.20. The minimum atomic E-state index is -0.422. The molecule has 1 rings (SSSR count). The summed E-state index contributed by atoms with van der Waals surface area (Å²) in [6, 6.07) is 9.37. The number of carbonyl (C=O) groups excluding carboxylic acids is 2. The fourth-order valence-corrected chi connectivity index (χ4v) is 1.29. The van der Waals surface area contributed by atoms with E-state index in [-0.39, 0.29) is 13.0 Å². The summed E-state index contributed by atoms with van der Waals surface area (Å²) in [5.41, 5.74) is 1.28. The van der Waals surface area contributed by atoms with Crippen molar-refractivity contribution in [1.82, 2.24) is 0 Å². The van der Waals surface area contributed by atoms with Crippen LogP contribution in [0.3, 0.4) is 0 Å². The number of hydrogen-bond donors (Lipinski definition) is 0. The van der Waals surface area contributed by atoms with Crippen molar-refractivity contribution in [3.63, 3.8) is 0 Å². The topological polar surface area (TPSA) is 43.4 Å². The first-order chi connectivity index (χ1) is 8.26. The normalized spacial score (nSPS) is 9.18. The molecule has 17 heavy (non-hydrogen) atoms. The summed E-state index contributed by atoms with van der Waals surface area (Å²) >= 11 is 0.